The second kappa shape index (κ2) is 4.38. The van der Waals surface area contributed by atoms with Gasteiger partial charge >= 0.3 is 0 Å². The summed E-state index contributed by atoms with van der Waals surface area (Å²) in [6, 6.07) is 5.21. The maximum Gasteiger partial charge on any atom is 0.290 e. The number of nitrogens with two attached hydrogens (primary N) is 2. The van der Waals surface area contributed by atoms with Crippen LogP contribution >= 0.6 is 11.3 Å². The molecule has 0 saturated carbocycles. The smallest absolute Gasteiger partial charge is 0.290 e. The number of thiophene rings is 1. The van der Waals surface area contributed by atoms with Crippen molar-refractivity contribution in [2.75, 3.05) is 5.73 Å². The quantitative estimate of drug-likeness (QED) is 0.802. The average Bonchev–Trinajstić information content (AvgIpc) is 2.77. The van der Waals surface area contributed by atoms with Gasteiger partial charge in [0.05, 0.1) is 4.88 Å². The van der Waals surface area contributed by atoms with Gasteiger partial charge < -0.3 is 11.5 Å². The van der Waals surface area contributed by atoms with Crippen LogP contribution in [0.5, 0.6) is 0 Å². The SMILES string of the molecule is NC(=O)Cn1nc(-c2cccs2)cc(N)c1=O. The summed E-state index contributed by atoms with van der Waals surface area (Å²) in [5.41, 5.74) is 10.7. The molecular weight excluding hydrogens is 240 g/mol. The van der Waals surface area contributed by atoms with Crippen LogP contribution in [0, 0.1) is 0 Å². The molecule has 7 heteroatoms. The molecule has 1 amide bonds. The molecule has 0 aliphatic rings. The fourth-order valence-electron chi connectivity index (χ4n) is 1.36. The summed E-state index contributed by atoms with van der Waals surface area (Å²) in [6.45, 7) is -0.276. The summed E-state index contributed by atoms with van der Waals surface area (Å²) in [4.78, 5) is 23.3. The first kappa shape index (κ1) is 11.3. The Morgan fingerprint density at radius 3 is 2.88 bits per heavy atom. The highest BCUT2D eigenvalue weighted by molar-refractivity contribution is 7.13. The zero-order valence-corrected chi connectivity index (χ0v) is 9.61. The average molecular weight is 250 g/mol. The van der Waals surface area contributed by atoms with E-state index in [0.29, 0.717) is 5.69 Å². The van der Waals surface area contributed by atoms with Gasteiger partial charge in [-0.15, -0.1) is 11.3 Å². The van der Waals surface area contributed by atoms with E-state index in [1.807, 2.05) is 17.5 Å². The molecular formula is C10H10N4O2S. The number of amides is 1. The van der Waals surface area contributed by atoms with Crippen LogP contribution in [0.25, 0.3) is 10.6 Å². The molecule has 2 aromatic heterocycles. The van der Waals surface area contributed by atoms with Gasteiger partial charge in [-0.25, -0.2) is 4.68 Å². The van der Waals surface area contributed by atoms with Crippen LogP contribution in [0.15, 0.2) is 28.4 Å². The number of carbonyl (C=O) groups is 1. The molecule has 4 N–H and O–H groups in total. The zero-order valence-electron chi connectivity index (χ0n) is 8.79. The van der Waals surface area contributed by atoms with Crippen LogP contribution in [-0.4, -0.2) is 15.7 Å². The maximum atomic E-state index is 11.6. The molecule has 2 rings (SSSR count). The molecule has 0 spiro atoms. The highest BCUT2D eigenvalue weighted by Gasteiger charge is 2.09. The summed E-state index contributed by atoms with van der Waals surface area (Å²) in [6.07, 6.45) is 0. The Labute approximate surface area is 100 Å². The van der Waals surface area contributed by atoms with Crippen molar-refractivity contribution in [2.24, 2.45) is 5.73 Å². The van der Waals surface area contributed by atoms with Gasteiger partial charge in [0.2, 0.25) is 5.91 Å². The fourth-order valence-corrected chi connectivity index (χ4v) is 2.04. The molecule has 0 radical (unpaired) electrons. The van der Waals surface area contributed by atoms with Crippen LogP contribution in [-0.2, 0) is 11.3 Å². The Bertz CT molecular complexity index is 603. The molecule has 0 bridgehead atoms. The van der Waals surface area contributed by atoms with E-state index >= 15 is 0 Å². The lowest BCUT2D eigenvalue weighted by atomic mass is 10.3. The lowest BCUT2D eigenvalue weighted by Crippen LogP contribution is -2.31. The number of anilines is 1. The number of carbonyl (C=O) groups excluding carboxylic acids is 1. The van der Waals surface area contributed by atoms with Gasteiger partial charge in [0.1, 0.15) is 17.9 Å². The lowest BCUT2D eigenvalue weighted by Gasteiger charge is -2.05. The van der Waals surface area contributed by atoms with E-state index in [1.54, 1.807) is 0 Å². The zero-order chi connectivity index (χ0) is 12.4. The van der Waals surface area contributed by atoms with Gasteiger partial charge in [0.15, 0.2) is 0 Å². The normalized spacial score (nSPS) is 10.4. The van der Waals surface area contributed by atoms with Crippen molar-refractivity contribution >= 4 is 22.9 Å². The van der Waals surface area contributed by atoms with Crippen LogP contribution in [0.4, 0.5) is 5.69 Å². The minimum atomic E-state index is -0.637. The predicted octanol–water partition coefficient (Wildman–Crippen LogP) is 0.0393. The number of hydrogen-bond donors (Lipinski definition) is 2. The number of rotatable bonds is 3. The van der Waals surface area contributed by atoms with E-state index in [1.165, 1.54) is 17.4 Å². The Morgan fingerprint density at radius 1 is 1.53 bits per heavy atom. The Balaban J connectivity index is 2.53. The molecule has 0 aliphatic carbocycles. The molecule has 0 unspecified atom stereocenters. The number of aromatic nitrogens is 2. The van der Waals surface area contributed by atoms with Gasteiger partial charge in [0.25, 0.3) is 5.56 Å². The van der Waals surface area contributed by atoms with E-state index in [0.717, 1.165) is 9.56 Å². The summed E-state index contributed by atoms with van der Waals surface area (Å²) < 4.78 is 0.979. The third-order valence-corrected chi connectivity index (χ3v) is 2.97. The van der Waals surface area contributed by atoms with Crippen molar-refractivity contribution in [1.82, 2.24) is 9.78 Å². The molecule has 0 aromatic carbocycles. The number of nitrogen functional groups attached to an aromatic ring is 1. The summed E-state index contributed by atoms with van der Waals surface area (Å²) >= 11 is 1.47. The van der Waals surface area contributed by atoms with Crippen LogP contribution < -0.4 is 17.0 Å². The number of primary amides is 1. The van der Waals surface area contributed by atoms with Gasteiger partial charge in [-0.05, 0) is 17.5 Å². The maximum absolute atomic E-state index is 11.6. The van der Waals surface area contributed by atoms with E-state index in [4.69, 9.17) is 11.5 Å². The van der Waals surface area contributed by atoms with E-state index in [-0.39, 0.29) is 12.2 Å². The van der Waals surface area contributed by atoms with Crippen molar-refractivity contribution in [3.8, 4) is 10.6 Å². The van der Waals surface area contributed by atoms with E-state index in [2.05, 4.69) is 5.10 Å². The minimum Gasteiger partial charge on any atom is -0.394 e. The molecule has 0 fully saturated rings. The van der Waals surface area contributed by atoms with Crippen molar-refractivity contribution in [3.63, 3.8) is 0 Å². The highest BCUT2D eigenvalue weighted by atomic mass is 32.1. The van der Waals surface area contributed by atoms with Crippen LogP contribution in [0.2, 0.25) is 0 Å². The predicted molar refractivity (Wildman–Crippen MR) is 65.4 cm³/mol. The first-order chi connectivity index (χ1) is 8.08. The third-order valence-electron chi connectivity index (χ3n) is 2.08. The molecule has 17 heavy (non-hydrogen) atoms. The Hall–Kier alpha value is -2.15. The van der Waals surface area contributed by atoms with Crippen LogP contribution in [0.3, 0.4) is 0 Å². The van der Waals surface area contributed by atoms with E-state index in [9.17, 15) is 9.59 Å². The Kier molecular flexibility index (Phi) is 2.92. The summed E-state index contributed by atoms with van der Waals surface area (Å²) in [5.74, 6) is -0.637. The lowest BCUT2D eigenvalue weighted by molar-refractivity contribution is -0.118. The number of hydrogen-bond acceptors (Lipinski definition) is 5. The second-order valence-electron chi connectivity index (χ2n) is 3.39. The Morgan fingerprint density at radius 2 is 2.29 bits per heavy atom. The van der Waals surface area contributed by atoms with Gasteiger partial charge in [-0.2, -0.15) is 5.10 Å². The fraction of sp³-hybridized carbons (Fsp3) is 0.100. The third kappa shape index (κ3) is 2.34. The number of nitrogens with zero attached hydrogens (tertiary/aromatic N) is 2. The molecule has 0 aliphatic heterocycles. The molecule has 0 saturated heterocycles. The molecule has 88 valence electrons. The highest BCUT2D eigenvalue weighted by Crippen LogP contribution is 2.22. The van der Waals surface area contributed by atoms with Gasteiger partial charge in [-0.1, -0.05) is 6.07 Å². The first-order valence-corrected chi connectivity index (χ1v) is 5.65. The van der Waals surface area contributed by atoms with Crippen molar-refractivity contribution in [3.05, 3.63) is 33.9 Å². The largest absolute Gasteiger partial charge is 0.394 e. The van der Waals surface area contributed by atoms with E-state index < -0.39 is 11.5 Å². The standard InChI is InChI=1S/C10H10N4O2S/c11-6-4-7(8-2-1-3-17-8)13-14(10(6)16)5-9(12)15/h1-4H,5,11H2,(H2,12,15). The topological polar surface area (TPSA) is 104 Å². The van der Waals surface area contributed by atoms with Crippen LogP contribution in [0.1, 0.15) is 0 Å². The second-order valence-corrected chi connectivity index (χ2v) is 4.34. The van der Waals surface area contributed by atoms with Crippen molar-refractivity contribution in [1.29, 1.82) is 0 Å². The molecule has 2 heterocycles. The molecule has 0 atom stereocenters. The van der Waals surface area contributed by atoms with Gasteiger partial charge in [-0.3, -0.25) is 9.59 Å². The van der Waals surface area contributed by atoms with Crippen molar-refractivity contribution < 1.29 is 4.79 Å². The minimum absolute atomic E-state index is 0.0460. The van der Waals surface area contributed by atoms with Gasteiger partial charge in [0, 0.05) is 0 Å². The molecule has 2 aromatic rings. The summed E-state index contributed by atoms with van der Waals surface area (Å²) in [5, 5.41) is 5.94. The molecule has 6 nitrogen and oxygen atoms in total. The summed E-state index contributed by atoms with van der Waals surface area (Å²) in [7, 11) is 0. The first-order valence-electron chi connectivity index (χ1n) is 4.78. The van der Waals surface area contributed by atoms with Crippen molar-refractivity contribution in [2.45, 2.75) is 6.54 Å². The monoisotopic (exact) mass is 250 g/mol.